The van der Waals surface area contributed by atoms with Crippen LogP contribution >= 0.6 is 0 Å². The molecule has 1 heterocycles. The number of hydrogen-bond donors (Lipinski definition) is 0. The van der Waals surface area contributed by atoms with Crippen molar-refractivity contribution in [3.8, 4) is 5.75 Å². The first-order valence-electron chi connectivity index (χ1n) is 8.09. The highest BCUT2D eigenvalue weighted by atomic mass is 16.6. The Morgan fingerprint density at radius 2 is 1.57 bits per heavy atom. The monoisotopic (exact) mass is 310 g/mol. The van der Waals surface area contributed by atoms with Gasteiger partial charge in [-0.1, -0.05) is 48.5 Å². The minimum Gasteiger partial charge on any atom is -0.410 e. The first-order chi connectivity index (χ1) is 11.3. The second-order valence-electron chi connectivity index (χ2n) is 5.78. The molecule has 0 spiro atoms. The van der Waals surface area contributed by atoms with Crippen molar-refractivity contribution in [2.75, 3.05) is 26.2 Å². The van der Waals surface area contributed by atoms with E-state index < -0.39 is 0 Å². The molecule has 0 N–H and O–H groups in total. The molecule has 0 aliphatic carbocycles. The number of benzene rings is 2. The second kappa shape index (κ2) is 7.79. The average Bonchev–Trinajstić information content (AvgIpc) is 2.82. The Balaban J connectivity index is 1.53. The molecule has 4 heteroatoms. The highest BCUT2D eigenvalue weighted by molar-refractivity contribution is 5.70. The van der Waals surface area contributed by atoms with Gasteiger partial charge in [0.15, 0.2) is 0 Å². The van der Waals surface area contributed by atoms with Crippen molar-refractivity contribution in [1.82, 2.24) is 9.80 Å². The van der Waals surface area contributed by atoms with Crippen molar-refractivity contribution in [3.63, 3.8) is 0 Å². The van der Waals surface area contributed by atoms with Crippen LogP contribution in [0.1, 0.15) is 12.0 Å². The number of amides is 1. The van der Waals surface area contributed by atoms with Crippen LogP contribution in [0.5, 0.6) is 5.75 Å². The summed E-state index contributed by atoms with van der Waals surface area (Å²) < 4.78 is 5.43. The van der Waals surface area contributed by atoms with Gasteiger partial charge in [0.1, 0.15) is 5.75 Å². The van der Waals surface area contributed by atoms with E-state index in [1.165, 1.54) is 5.56 Å². The molecule has 1 aliphatic rings. The predicted octanol–water partition coefficient (Wildman–Crippen LogP) is 3.39. The fourth-order valence-electron chi connectivity index (χ4n) is 2.81. The van der Waals surface area contributed by atoms with Gasteiger partial charge in [-0.05, 0) is 24.1 Å². The molecule has 0 aromatic heterocycles. The Labute approximate surface area is 137 Å². The van der Waals surface area contributed by atoms with Gasteiger partial charge in [-0.3, -0.25) is 4.90 Å². The Kier molecular flexibility index (Phi) is 5.27. The van der Waals surface area contributed by atoms with Crippen molar-refractivity contribution in [1.29, 1.82) is 0 Å². The lowest BCUT2D eigenvalue weighted by atomic mass is 10.2. The summed E-state index contributed by atoms with van der Waals surface area (Å²) in [6.45, 7) is 4.26. The average molecular weight is 310 g/mol. The molecule has 0 saturated carbocycles. The van der Waals surface area contributed by atoms with E-state index in [0.717, 1.165) is 32.6 Å². The topological polar surface area (TPSA) is 32.8 Å². The maximum atomic E-state index is 12.3. The summed E-state index contributed by atoms with van der Waals surface area (Å²) in [5, 5.41) is 0. The molecule has 1 fully saturated rings. The van der Waals surface area contributed by atoms with Crippen molar-refractivity contribution in [3.05, 3.63) is 66.2 Å². The van der Waals surface area contributed by atoms with Gasteiger partial charge in [-0.15, -0.1) is 0 Å². The van der Waals surface area contributed by atoms with Crippen molar-refractivity contribution in [2.24, 2.45) is 0 Å². The van der Waals surface area contributed by atoms with Crippen LogP contribution in [-0.4, -0.2) is 42.1 Å². The first kappa shape index (κ1) is 15.6. The minimum atomic E-state index is -0.252. The number of carbonyl (C=O) groups excluding carboxylic acids is 1. The van der Waals surface area contributed by atoms with Gasteiger partial charge >= 0.3 is 6.09 Å². The number of carbonyl (C=O) groups is 1. The quantitative estimate of drug-likeness (QED) is 0.871. The zero-order valence-electron chi connectivity index (χ0n) is 13.2. The van der Waals surface area contributed by atoms with E-state index in [2.05, 4.69) is 29.2 Å². The third-order valence-corrected chi connectivity index (χ3v) is 4.04. The molecule has 0 unspecified atom stereocenters. The third kappa shape index (κ3) is 4.57. The van der Waals surface area contributed by atoms with Gasteiger partial charge < -0.3 is 9.64 Å². The highest BCUT2D eigenvalue weighted by Crippen LogP contribution is 2.13. The summed E-state index contributed by atoms with van der Waals surface area (Å²) in [5.41, 5.74) is 1.31. The molecule has 120 valence electrons. The van der Waals surface area contributed by atoms with Gasteiger partial charge in [0.2, 0.25) is 0 Å². The zero-order chi connectivity index (χ0) is 15.9. The maximum absolute atomic E-state index is 12.3. The van der Waals surface area contributed by atoms with E-state index in [1.54, 1.807) is 17.0 Å². The van der Waals surface area contributed by atoms with Crippen LogP contribution in [0.4, 0.5) is 4.79 Å². The summed E-state index contributed by atoms with van der Waals surface area (Å²) in [6.07, 6.45) is 0.717. The van der Waals surface area contributed by atoms with E-state index in [1.807, 2.05) is 24.3 Å². The van der Waals surface area contributed by atoms with E-state index in [-0.39, 0.29) is 6.09 Å². The highest BCUT2D eigenvalue weighted by Gasteiger charge is 2.20. The molecule has 1 amide bonds. The molecule has 23 heavy (non-hydrogen) atoms. The van der Waals surface area contributed by atoms with Crippen LogP contribution in [0.2, 0.25) is 0 Å². The molecule has 0 bridgehead atoms. The molecule has 0 radical (unpaired) electrons. The molecular weight excluding hydrogens is 288 g/mol. The summed E-state index contributed by atoms with van der Waals surface area (Å²) in [4.78, 5) is 16.5. The normalized spacial score (nSPS) is 15.9. The lowest BCUT2D eigenvalue weighted by molar-refractivity contribution is 0.153. The number of ether oxygens (including phenoxy) is 1. The predicted molar refractivity (Wildman–Crippen MR) is 90.4 cm³/mol. The van der Waals surface area contributed by atoms with Gasteiger partial charge in [0, 0.05) is 32.7 Å². The van der Waals surface area contributed by atoms with Crippen LogP contribution in [-0.2, 0) is 6.54 Å². The third-order valence-electron chi connectivity index (χ3n) is 4.04. The number of rotatable bonds is 3. The number of para-hydroxylation sites is 1. The van der Waals surface area contributed by atoms with Gasteiger partial charge in [0.05, 0.1) is 0 Å². The molecule has 1 aliphatic heterocycles. The van der Waals surface area contributed by atoms with E-state index in [0.29, 0.717) is 12.3 Å². The summed E-state index contributed by atoms with van der Waals surface area (Å²) in [7, 11) is 0. The molecule has 1 saturated heterocycles. The lowest BCUT2D eigenvalue weighted by Crippen LogP contribution is -2.36. The fraction of sp³-hybridized carbons (Fsp3) is 0.316. The molecular formula is C19H22N2O2. The van der Waals surface area contributed by atoms with Crippen LogP contribution < -0.4 is 4.74 Å². The van der Waals surface area contributed by atoms with Crippen LogP contribution in [0, 0.1) is 0 Å². The molecule has 2 aromatic rings. The van der Waals surface area contributed by atoms with E-state index in [9.17, 15) is 4.79 Å². The number of hydrogen-bond acceptors (Lipinski definition) is 3. The zero-order valence-corrected chi connectivity index (χ0v) is 13.2. The van der Waals surface area contributed by atoms with Crippen LogP contribution in [0.25, 0.3) is 0 Å². The van der Waals surface area contributed by atoms with E-state index >= 15 is 0 Å². The summed E-state index contributed by atoms with van der Waals surface area (Å²) in [6, 6.07) is 19.7. The van der Waals surface area contributed by atoms with E-state index in [4.69, 9.17) is 4.74 Å². The molecule has 4 nitrogen and oxygen atoms in total. The lowest BCUT2D eigenvalue weighted by Gasteiger charge is -2.21. The van der Waals surface area contributed by atoms with Crippen LogP contribution in [0.3, 0.4) is 0 Å². The van der Waals surface area contributed by atoms with Gasteiger partial charge in [-0.2, -0.15) is 0 Å². The Hall–Kier alpha value is -2.33. The standard InChI is InChI=1S/C19H22N2O2/c22-19(23-18-10-5-2-6-11-18)21-13-7-12-20(14-15-21)16-17-8-3-1-4-9-17/h1-6,8-11H,7,12-16H2. The van der Waals surface area contributed by atoms with Gasteiger partial charge in [-0.25, -0.2) is 4.79 Å². The molecule has 3 rings (SSSR count). The van der Waals surface area contributed by atoms with Crippen LogP contribution in [0.15, 0.2) is 60.7 Å². The molecule has 0 atom stereocenters. The summed E-state index contributed by atoms with van der Waals surface area (Å²) in [5.74, 6) is 0.600. The summed E-state index contributed by atoms with van der Waals surface area (Å²) >= 11 is 0. The van der Waals surface area contributed by atoms with Crippen molar-refractivity contribution < 1.29 is 9.53 Å². The van der Waals surface area contributed by atoms with Crippen molar-refractivity contribution >= 4 is 6.09 Å². The first-order valence-corrected chi connectivity index (χ1v) is 8.09. The Bertz CT molecular complexity index is 616. The smallest absolute Gasteiger partial charge is 0.410 e. The van der Waals surface area contributed by atoms with Gasteiger partial charge in [0.25, 0.3) is 0 Å². The molecule has 2 aromatic carbocycles. The number of nitrogens with zero attached hydrogens (tertiary/aromatic N) is 2. The largest absolute Gasteiger partial charge is 0.415 e. The SMILES string of the molecule is O=C(Oc1ccccc1)N1CCCN(Cc2ccccc2)CC1. The Morgan fingerprint density at radius 1 is 0.870 bits per heavy atom. The minimum absolute atomic E-state index is 0.252. The Morgan fingerprint density at radius 3 is 2.30 bits per heavy atom. The second-order valence-corrected chi connectivity index (χ2v) is 5.78. The maximum Gasteiger partial charge on any atom is 0.415 e. The van der Waals surface area contributed by atoms with Crippen molar-refractivity contribution in [2.45, 2.75) is 13.0 Å². The fourth-order valence-corrected chi connectivity index (χ4v) is 2.81.